The molecule has 2 aromatic rings. The van der Waals surface area contributed by atoms with E-state index in [0.717, 1.165) is 15.8 Å². The van der Waals surface area contributed by atoms with Gasteiger partial charge in [0.05, 0.1) is 22.7 Å². The SMILES string of the molecule is N#CCC=Cc1ccc2[nH]c(=O)sc2c1. The molecule has 0 saturated carbocycles. The Morgan fingerprint density at radius 1 is 1.53 bits per heavy atom. The molecular formula is C11H8N2OS. The average molecular weight is 216 g/mol. The van der Waals surface area contributed by atoms with Crippen LogP contribution in [0.1, 0.15) is 12.0 Å². The van der Waals surface area contributed by atoms with E-state index < -0.39 is 0 Å². The fraction of sp³-hybridized carbons (Fsp3) is 0.0909. The fourth-order valence-corrected chi connectivity index (χ4v) is 2.10. The molecule has 0 aliphatic rings. The van der Waals surface area contributed by atoms with E-state index in [1.54, 1.807) is 6.08 Å². The zero-order valence-corrected chi connectivity index (χ0v) is 8.67. The number of rotatable bonds is 2. The molecule has 0 bridgehead atoms. The standard InChI is InChI=1S/C11H8N2OS/c12-6-2-1-3-8-4-5-9-10(7-8)15-11(14)13-9/h1,3-5,7H,2H2,(H,13,14). The van der Waals surface area contributed by atoms with Crippen LogP contribution in [0.5, 0.6) is 0 Å². The van der Waals surface area contributed by atoms with Gasteiger partial charge in [0.2, 0.25) is 0 Å². The molecule has 4 heteroatoms. The number of nitrogens with zero attached hydrogens (tertiary/aromatic N) is 1. The third-order valence-electron chi connectivity index (χ3n) is 1.96. The van der Waals surface area contributed by atoms with Gasteiger partial charge in [-0.15, -0.1) is 0 Å². The highest BCUT2D eigenvalue weighted by Gasteiger charge is 1.98. The second kappa shape index (κ2) is 4.11. The van der Waals surface area contributed by atoms with Crippen LogP contribution in [0.25, 0.3) is 16.3 Å². The van der Waals surface area contributed by atoms with Crippen molar-refractivity contribution in [1.82, 2.24) is 4.98 Å². The third-order valence-corrected chi connectivity index (χ3v) is 2.81. The Morgan fingerprint density at radius 2 is 2.40 bits per heavy atom. The molecule has 74 valence electrons. The van der Waals surface area contributed by atoms with E-state index in [1.807, 2.05) is 30.3 Å². The number of allylic oxidation sites excluding steroid dienone is 1. The molecule has 0 radical (unpaired) electrons. The van der Waals surface area contributed by atoms with E-state index in [2.05, 4.69) is 4.98 Å². The number of H-pyrrole nitrogens is 1. The van der Waals surface area contributed by atoms with E-state index >= 15 is 0 Å². The average Bonchev–Trinajstić information content (AvgIpc) is 2.57. The number of aromatic amines is 1. The lowest BCUT2D eigenvalue weighted by molar-refractivity contribution is 1.36. The first kappa shape index (κ1) is 9.69. The van der Waals surface area contributed by atoms with Crippen molar-refractivity contribution in [3.8, 4) is 6.07 Å². The maximum absolute atomic E-state index is 11.1. The van der Waals surface area contributed by atoms with Crippen LogP contribution in [0.2, 0.25) is 0 Å². The fourth-order valence-electron chi connectivity index (χ4n) is 1.31. The van der Waals surface area contributed by atoms with Crippen LogP contribution in [-0.4, -0.2) is 4.98 Å². The van der Waals surface area contributed by atoms with Gasteiger partial charge in [-0.1, -0.05) is 29.6 Å². The number of aromatic nitrogens is 1. The summed E-state index contributed by atoms with van der Waals surface area (Å²) in [6, 6.07) is 7.76. The molecule has 0 amide bonds. The van der Waals surface area contributed by atoms with Crippen LogP contribution >= 0.6 is 11.3 Å². The van der Waals surface area contributed by atoms with Crippen LogP contribution in [-0.2, 0) is 0 Å². The zero-order valence-electron chi connectivity index (χ0n) is 7.86. The number of hydrogen-bond donors (Lipinski definition) is 1. The van der Waals surface area contributed by atoms with Crippen molar-refractivity contribution in [3.63, 3.8) is 0 Å². The van der Waals surface area contributed by atoms with E-state index in [4.69, 9.17) is 5.26 Å². The molecule has 0 saturated heterocycles. The molecule has 0 spiro atoms. The first-order valence-corrected chi connectivity index (χ1v) is 5.27. The predicted octanol–water partition coefficient (Wildman–Crippen LogP) is 2.52. The molecule has 1 N–H and O–H groups in total. The minimum Gasteiger partial charge on any atom is -0.312 e. The van der Waals surface area contributed by atoms with E-state index in [-0.39, 0.29) is 4.87 Å². The highest BCUT2D eigenvalue weighted by molar-refractivity contribution is 7.16. The van der Waals surface area contributed by atoms with Gasteiger partial charge in [-0.2, -0.15) is 5.26 Å². The summed E-state index contributed by atoms with van der Waals surface area (Å²) in [5.74, 6) is 0. The highest BCUT2D eigenvalue weighted by atomic mass is 32.1. The molecule has 15 heavy (non-hydrogen) atoms. The highest BCUT2D eigenvalue weighted by Crippen LogP contribution is 2.17. The number of nitriles is 1. The van der Waals surface area contributed by atoms with Crippen molar-refractivity contribution in [3.05, 3.63) is 39.5 Å². The summed E-state index contributed by atoms with van der Waals surface area (Å²) >= 11 is 1.20. The van der Waals surface area contributed by atoms with Crippen LogP contribution in [0.4, 0.5) is 0 Å². The van der Waals surface area contributed by atoms with Crippen LogP contribution in [0.3, 0.4) is 0 Å². The summed E-state index contributed by atoms with van der Waals surface area (Å²) in [5, 5.41) is 8.37. The normalized spacial score (nSPS) is 10.9. The Hall–Kier alpha value is -1.86. The Morgan fingerprint density at radius 3 is 3.20 bits per heavy atom. The molecule has 3 nitrogen and oxygen atoms in total. The van der Waals surface area contributed by atoms with Crippen molar-refractivity contribution < 1.29 is 0 Å². The van der Waals surface area contributed by atoms with Gasteiger partial charge in [0.1, 0.15) is 0 Å². The molecule has 1 aromatic heterocycles. The molecule has 0 atom stereocenters. The van der Waals surface area contributed by atoms with Gasteiger partial charge in [0.15, 0.2) is 0 Å². The molecule has 0 unspecified atom stereocenters. The van der Waals surface area contributed by atoms with Crippen molar-refractivity contribution in [2.45, 2.75) is 6.42 Å². The molecular weight excluding hydrogens is 208 g/mol. The van der Waals surface area contributed by atoms with E-state index in [1.165, 1.54) is 11.3 Å². The van der Waals surface area contributed by atoms with Gasteiger partial charge >= 0.3 is 4.87 Å². The van der Waals surface area contributed by atoms with Crippen LogP contribution in [0.15, 0.2) is 29.1 Å². The van der Waals surface area contributed by atoms with Gasteiger partial charge in [0.25, 0.3) is 0 Å². The number of thiazole rings is 1. The summed E-state index contributed by atoms with van der Waals surface area (Å²) < 4.78 is 0.944. The summed E-state index contributed by atoms with van der Waals surface area (Å²) in [5.41, 5.74) is 1.87. The van der Waals surface area contributed by atoms with Gasteiger partial charge in [-0.3, -0.25) is 4.79 Å². The van der Waals surface area contributed by atoms with Crippen LogP contribution in [0, 0.1) is 11.3 Å². The summed E-state index contributed by atoms with van der Waals surface area (Å²) in [4.78, 5) is 13.8. The van der Waals surface area contributed by atoms with Crippen LogP contribution < -0.4 is 4.87 Å². The number of benzene rings is 1. The van der Waals surface area contributed by atoms with Gasteiger partial charge in [0, 0.05) is 0 Å². The number of hydrogen-bond acceptors (Lipinski definition) is 3. The lowest BCUT2D eigenvalue weighted by Gasteiger charge is -1.92. The molecule has 2 rings (SSSR count). The van der Waals surface area contributed by atoms with Crippen molar-refractivity contribution in [1.29, 1.82) is 5.26 Å². The van der Waals surface area contributed by atoms with Crippen molar-refractivity contribution in [2.75, 3.05) is 0 Å². The largest absolute Gasteiger partial charge is 0.312 e. The first-order chi connectivity index (χ1) is 7.29. The lowest BCUT2D eigenvalue weighted by Crippen LogP contribution is -1.89. The molecule has 1 aromatic carbocycles. The number of nitrogens with one attached hydrogen (secondary N) is 1. The summed E-state index contributed by atoms with van der Waals surface area (Å²) in [6.07, 6.45) is 4.09. The van der Waals surface area contributed by atoms with Crippen molar-refractivity contribution in [2.24, 2.45) is 0 Å². The Bertz CT molecular complexity index is 601. The minimum atomic E-state index is -0.0387. The van der Waals surface area contributed by atoms with Gasteiger partial charge < -0.3 is 4.98 Å². The second-order valence-electron chi connectivity index (χ2n) is 3.03. The molecule has 0 aliphatic carbocycles. The van der Waals surface area contributed by atoms with Gasteiger partial charge in [-0.05, 0) is 17.7 Å². The molecule has 0 fully saturated rings. The molecule has 0 aliphatic heterocycles. The Kier molecular flexibility index (Phi) is 2.66. The first-order valence-electron chi connectivity index (χ1n) is 4.46. The van der Waals surface area contributed by atoms with Crippen molar-refractivity contribution >= 4 is 27.6 Å². The quantitative estimate of drug-likeness (QED) is 0.838. The smallest absolute Gasteiger partial charge is 0.305 e. The maximum Gasteiger partial charge on any atom is 0.305 e. The molecule has 1 heterocycles. The number of fused-ring (bicyclic) bond motifs is 1. The second-order valence-corrected chi connectivity index (χ2v) is 4.05. The zero-order chi connectivity index (χ0) is 10.7. The topological polar surface area (TPSA) is 56.6 Å². The Labute approximate surface area is 90.3 Å². The predicted molar refractivity (Wildman–Crippen MR) is 61.7 cm³/mol. The van der Waals surface area contributed by atoms with E-state index in [9.17, 15) is 4.79 Å². The Balaban J connectivity index is 2.39. The van der Waals surface area contributed by atoms with E-state index in [0.29, 0.717) is 6.42 Å². The maximum atomic E-state index is 11.1. The third kappa shape index (κ3) is 2.14. The van der Waals surface area contributed by atoms with Gasteiger partial charge in [-0.25, -0.2) is 0 Å². The summed E-state index contributed by atoms with van der Waals surface area (Å²) in [7, 11) is 0. The minimum absolute atomic E-state index is 0.0387. The summed E-state index contributed by atoms with van der Waals surface area (Å²) in [6.45, 7) is 0. The lowest BCUT2D eigenvalue weighted by atomic mass is 10.2. The monoisotopic (exact) mass is 216 g/mol.